The molecular formula is C13H14F3NO4. The molecule has 116 valence electrons. The molecule has 0 bridgehead atoms. The molecule has 3 N–H and O–H groups in total. The van der Waals surface area contributed by atoms with E-state index in [1.807, 2.05) is 0 Å². The van der Waals surface area contributed by atoms with Crippen molar-refractivity contribution < 1.29 is 32.5 Å². The Kier molecular flexibility index (Phi) is 3.99. The summed E-state index contributed by atoms with van der Waals surface area (Å²) in [5, 5.41) is 9.10. The minimum Gasteiger partial charge on any atom is -0.489 e. The second-order valence-electron chi connectivity index (χ2n) is 5.01. The molecule has 1 aliphatic carbocycles. The highest BCUT2D eigenvalue weighted by Crippen LogP contribution is 2.48. The predicted octanol–water partition coefficient (Wildman–Crippen LogP) is 1.96. The Morgan fingerprint density at radius 3 is 2.57 bits per heavy atom. The summed E-state index contributed by atoms with van der Waals surface area (Å²) in [7, 11) is 0. The lowest BCUT2D eigenvalue weighted by molar-refractivity contribution is -0.213. The van der Waals surface area contributed by atoms with E-state index >= 15 is 0 Å². The van der Waals surface area contributed by atoms with Gasteiger partial charge in [-0.15, -0.1) is 0 Å². The van der Waals surface area contributed by atoms with Crippen LogP contribution in [0.25, 0.3) is 0 Å². The summed E-state index contributed by atoms with van der Waals surface area (Å²) < 4.78 is 49.1. The van der Waals surface area contributed by atoms with E-state index in [9.17, 15) is 18.0 Å². The standard InChI is InChI=1S/C13H14F3NO4/c14-9-1-2-10(8(3-9)4-18)20-7-12(21-11(17)19)5-13(15,16)6-12/h1-3,18H,4-7H2,(H2,17,19). The molecule has 1 aromatic carbocycles. The molecule has 1 fully saturated rings. The first-order chi connectivity index (χ1) is 9.75. The van der Waals surface area contributed by atoms with E-state index in [2.05, 4.69) is 0 Å². The number of amides is 1. The molecule has 0 unspecified atom stereocenters. The van der Waals surface area contributed by atoms with Crippen molar-refractivity contribution in [2.75, 3.05) is 6.61 Å². The van der Waals surface area contributed by atoms with Crippen molar-refractivity contribution in [1.82, 2.24) is 0 Å². The summed E-state index contributed by atoms with van der Waals surface area (Å²) in [6.45, 7) is -0.836. The Hall–Kier alpha value is -1.96. The summed E-state index contributed by atoms with van der Waals surface area (Å²) in [4.78, 5) is 10.8. The van der Waals surface area contributed by atoms with Crippen molar-refractivity contribution in [3.63, 3.8) is 0 Å². The highest BCUT2D eigenvalue weighted by atomic mass is 19.3. The van der Waals surface area contributed by atoms with Crippen LogP contribution in [0.1, 0.15) is 18.4 Å². The zero-order valence-corrected chi connectivity index (χ0v) is 10.9. The molecule has 1 saturated carbocycles. The molecule has 2 rings (SSSR count). The van der Waals surface area contributed by atoms with Gasteiger partial charge in [-0.1, -0.05) is 0 Å². The van der Waals surface area contributed by atoms with Crippen molar-refractivity contribution >= 4 is 6.09 Å². The maximum absolute atomic E-state index is 13.0. The molecule has 1 amide bonds. The van der Waals surface area contributed by atoms with Crippen LogP contribution in [0.3, 0.4) is 0 Å². The minimum absolute atomic E-state index is 0.126. The van der Waals surface area contributed by atoms with Gasteiger partial charge in [-0.05, 0) is 18.2 Å². The maximum atomic E-state index is 13.0. The first kappa shape index (κ1) is 15.4. The Bertz CT molecular complexity index is 542. The second kappa shape index (κ2) is 5.44. The molecule has 0 radical (unpaired) electrons. The van der Waals surface area contributed by atoms with Crippen molar-refractivity contribution in [1.29, 1.82) is 0 Å². The number of hydrogen-bond acceptors (Lipinski definition) is 4. The molecule has 8 heteroatoms. The second-order valence-corrected chi connectivity index (χ2v) is 5.01. The van der Waals surface area contributed by atoms with Gasteiger partial charge in [-0.25, -0.2) is 18.0 Å². The van der Waals surface area contributed by atoms with Gasteiger partial charge in [0.1, 0.15) is 18.2 Å². The SMILES string of the molecule is NC(=O)OC1(COc2ccc(F)cc2CO)CC(F)(F)C1. The fourth-order valence-corrected chi connectivity index (χ4v) is 2.33. The monoisotopic (exact) mass is 305 g/mol. The summed E-state index contributed by atoms with van der Waals surface area (Å²) in [6.07, 6.45) is -2.56. The van der Waals surface area contributed by atoms with Crippen LogP contribution in [0.15, 0.2) is 18.2 Å². The van der Waals surface area contributed by atoms with Gasteiger partial charge >= 0.3 is 6.09 Å². The Morgan fingerprint density at radius 2 is 2.05 bits per heavy atom. The highest BCUT2D eigenvalue weighted by molar-refractivity contribution is 5.65. The van der Waals surface area contributed by atoms with Gasteiger partial charge < -0.3 is 20.3 Å². The summed E-state index contributed by atoms with van der Waals surface area (Å²) in [6, 6.07) is 3.42. The van der Waals surface area contributed by atoms with E-state index in [0.29, 0.717) is 0 Å². The van der Waals surface area contributed by atoms with E-state index in [4.69, 9.17) is 20.3 Å². The lowest BCUT2D eigenvalue weighted by Gasteiger charge is -2.45. The fourth-order valence-electron chi connectivity index (χ4n) is 2.33. The smallest absolute Gasteiger partial charge is 0.405 e. The number of aliphatic hydroxyl groups is 1. The molecular weight excluding hydrogens is 291 g/mol. The average Bonchev–Trinajstić information content (AvgIpc) is 2.34. The molecule has 1 aromatic rings. The zero-order chi connectivity index (χ0) is 15.7. The van der Waals surface area contributed by atoms with Gasteiger partial charge in [0.15, 0.2) is 5.60 Å². The largest absolute Gasteiger partial charge is 0.489 e. The van der Waals surface area contributed by atoms with Gasteiger partial charge in [0.2, 0.25) is 0 Å². The van der Waals surface area contributed by atoms with E-state index in [0.717, 1.165) is 12.1 Å². The number of ether oxygens (including phenoxy) is 2. The lowest BCUT2D eigenvalue weighted by Crippen LogP contribution is -2.58. The first-order valence-electron chi connectivity index (χ1n) is 6.14. The van der Waals surface area contributed by atoms with Crippen molar-refractivity contribution in [2.45, 2.75) is 31.0 Å². The van der Waals surface area contributed by atoms with Crippen molar-refractivity contribution in [3.05, 3.63) is 29.6 Å². The third-order valence-electron chi connectivity index (χ3n) is 3.16. The average molecular weight is 305 g/mol. The van der Waals surface area contributed by atoms with Gasteiger partial charge in [0.05, 0.1) is 19.4 Å². The number of halogens is 3. The van der Waals surface area contributed by atoms with E-state index in [1.54, 1.807) is 0 Å². The summed E-state index contributed by atoms with van der Waals surface area (Å²) in [5.74, 6) is -3.38. The Labute approximate surface area is 118 Å². The minimum atomic E-state index is -2.94. The third-order valence-corrected chi connectivity index (χ3v) is 3.16. The predicted molar refractivity (Wildman–Crippen MR) is 65.4 cm³/mol. The Morgan fingerprint density at radius 1 is 1.38 bits per heavy atom. The van der Waals surface area contributed by atoms with Gasteiger partial charge in [0, 0.05) is 5.56 Å². The van der Waals surface area contributed by atoms with E-state index < -0.39 is 42.9 Å². The number of hydrogen-bond donors (Lipinski definition) is 2. The summed E-state index contributed by atoms with van der Waals surface area (Å²) in [5.41, 5.74) is 3.53. The number of benzene rings is 1. The van der Waals surface area contributed by atoms with Crippen LogP contribution in [0, 0.1) is 5.82 Å². The van der Waals surface area contributed by atoms with Crippen LogP contribution in [0.4, 0.5) is 18.0 Å². The van der Waals surface area contributed by atoms with Crippen LogP contribution in [0.5, 0.6) is 5.75 Å². The normalized spacial score (nSPS) is 18.7. The number of alkyl halides is 2. The maximum Gasteiger partial charge on any atom is 0.405 e. The number of aliphatic hydroxyl groups excluding tert-OH is 1. The van der Waals surface area contributed by atoms with Gasteiger partial charge in [-0.2, -0.15) is 0 Å². The molecule has 5 nitrogen and oxygen atoms in total. The molecule has 0 atom stereocenters. The molecule has 1 aliphatic rings. The topological polar surface area (TPSA) is 81.8 Å². The van der Waals surface area contributed by atoms with Crippen LogP contribution >= 0.6 is 0 Å². The molecule has 0 aliphatic heterocycles. The molecule has 0 aromatic heterocycles. The van der Waals surface area contributed by atoms with Gasteiger partial charge in [0.25, 0.3) is 5.92 Å². The van der Waals surface area contributed by atoms with Crippen LogP contribution in [-0.4, -0.2) is 29.3 Å². The molecule has 0 spiro atoms. The molecule has 0 heterocycles. The lowest BCUT2D eigenvalue weighted by atomic mass is 9.77. The van der Waals surface area contributed by atoms with Crippen LogP contribution in [0.2, 0.25) is 0 Å². The third kappa shape index (κ3) is 3.57. The molecule has 21 heavy (non-hydrogen) atoms. The number of nitrogens with two attached hydrogens (primary N) is 1. The van der Waals surface area contributed by atoms with Crippen LogP contribution < -0.4 is 10.5 Å². The number of carbonyl (C=O) groups excluding carboxylic acids is 1. The number of primary amides is 1. The van der Waals surface area contributed by atoms with Crippen LogP contribution in [-0.2, 0) is 11.3 Å². The quantitative estimate of drug-likeness (QED) is 0.871. The van der Waals surface area contributed by atoms with Gasteiger partial charge in [-0.3, -0.25) is 0 Å². The van der Waals surface area contributed by atoms with Crippen molar-refractivity contribution in [2.24, 2.45) is 5.73 Å². The number of carbonyl (C=O) groups is 1. The summed E-state index contributed by atoms with van der Waals surface area (Å²) >= 11 is 0. The molecule has 0 saturated heterocycles. The van der Waals surface area contributed by atoms with E-state index in [1.165, 1.54) is 6.07 Å². The zero-order valence-electron chi connectivity index (χ0n) is 10.9. The highest BCUT2D eigenvalue weighted by Gasteiger charge is 2.60. The fraction of sp³-hybridized carbons (Fsp3) is 0.462. The van der Waals surface area contributed by atoms with Crippen molar-refractivity contribution in [3.8, 4) is 5.75 Å². The number of rotatable bonds is 5. The van der Waals surface area contributed by atoms with E-state index in [-0.39, 0.29) is 17.9 Å². The first-order valence-corrected chi connectivity index (χ1v) is 6.14. The Balaban J connectivity index is 2.08.